The number of hydrogen-bond acceptors (Lipinski definition) is 3. The predicted octanol–water partition coefficient (Wildman–Crippen LogP) is 1.87. The Hall–Kier alpha value is -0.120. The highest BCUT2D eigenvalue weighted by molar-refractivity contribution is 4.95. The highest BCUT2D eigenvalue weighted by atomic mass is 16.5. The Morgan fingerprint density at radius 1 is 1.22 bits per heavy atom. The Balaban J connectivity index is 1.51. The van der Waals surface area contributed by atoms with Crippen molar-refractivity contribution >= 4 is 0 Å². The van der Waals surface area contributed by atoms with Gasteiger partial charge in [0.15, 0.2) is 0 Å². The average molecular weight is 252 g/mol. The van der Waals surface area contributed by atoms with Gasteiger partial charge in [0.1, 0.15) is 0 Å². The fourth-order valence-electron chi connectivity index (χ4n) is 3.77. The van der Waals surface area contributed by atoms with E-state index in [0.29, 0.717) is 18.2 Å². The van der Waals surface area contributed by atoms with Gasteiger partial charge in [-0.2, -0.15) is 0 Å². The van der Waals surface area contributed by atoms with Crippen LogP contribution in [0.4, 0.5) is 0 Å². The zero-order valence-electron chi connectivity index (χ0n) is 11.9. The van der Waals surface area contributed by atoms with E-state index in [2.05, 4.69) is 24.2 Å². The van der Waals surface area contributed by atoms with Crippen LogP contribution in [-0.2, 0) is 4.74 Å². The lowest BCUT2D eigenvalue weighted by atomic mass is 9.90. The molecule has 3 fully saturated rings. The highest BCUT2D eigenvalue weighted by Crippen LogP contribution is 2.39. The van der Waals surface area contributed by atoms with Crippen LogP contribution in [0.2, 0.25) is 0 Å². The largest absolute Gasteiger partial charge is 0.376 e. The van der Waals surface area contributed by atoms with E-state index in [0.717, 1.165) is 18.4 Å². The van der Waals surface area contributed by atoms with Gasteiger partial charge in [-0.05, 0) is 64.5 Å². The topological polar surface area (TPSA) is 24.5 Å². The summed E-state index contributed by atoms with van der Waals surface area (Å²) >= 11 is 0. The lowest BCUT2D eigenvalue weighted by Crippen LogP contribution is -2.49. The van der Waals surface area contributed by atoms with Crippen molar-refractivity contribution < 1.29 is 4.74 Å². The molecule has 1 saturated carbocycles. The minimum absolute atomic E-state index is 0.522. The summed E-state index contributed by atoms with van der Waals surface area (Å²) in [6, 6.07) is 1.26. The second-order valence-electron chi connectivity index (χ2n) is 6.69. The molecule has 18 heavy (non-hydrogen) atoms. The van der Waals surface area contributed by atoms with Crippen LogP contribution >= 0.6 is 0 Å². The van der Waals surface area contributed by atoms with E-state index in [4.69, 9.17) is 4.74 Å². The van der Waals surface area contributed by atoms with E-state index < -0.39 is 0 Å². The van der Waals surface area contributed by atoms with Gasteiger partial charge in [0.2, 0.25) is 0 Å². The number of ether oxygens (including phenoxy) is 1. The minimum Gasteiger partial charge on any atom is -0.376 e. The summed E-state index contributed by atoms with van der Waals surface area (Å²) in [5.41, 5.74) is 0. The molecule has 0 spiro atoms. The molecule has 3 heteroatoms. The zero-order chi connectivity index (χ0) is 12.5. The van der Waals surface area contributed by atoms with Crippen LogP contribution in [-0.4, -0.2) is 49.8 Å². The van der Waals surface area contributed by atoms with Gasteiger partial charge in [-0.25, -0.2) is 0 Å². The van der Waals surface area contributed by atoms with Crippen LogP contribution in [0.15, 0.2) is 0 Å². The smallest absolute Gasteiger partial charge is 0.0757 e. The monoisotopic (exact) mass is 252 g/mol. The van der Waals surface area contributed by atoms with Gasteiger partial charge in [-0.1, -0.05) is 0 Å². The maximum Gasteiger partial charge on any atom is 0.0757 e. The van der Waals surface area contributed by atoms with Gasteiger partial charge in [-0.3, -0.25) is 0 Å². The van der Waals surface area contributed by atoms with Crippen molar-refractivity contribution in [2.24, 2.45) is 11.8 Å². The highest BCUT2D eigenvalue weighted by Gasteiger charge is 2.41. The molecule has 104 valence electrons. The summed E-state index contributed by atoms with van der Waals surface area (Å²) < 4.78 is 5.93. The van der Waals surface area contributed by atoms with Gasteiger partial charge < -0.3 is 15.0 Å². The number of hydrogen-bond donors (Lipinski definition) is 1. The van der Waals surface area contributed by atoms with Crippen molar-refractivity contribution in [3.05, 3.63) is 0 Å². The molecule has 3 rings (SSSR count). The Morgan fingerprint density at radius 3 is 2.78 bits per heavy atom. The summed E-state index contributed by atoms with van der Waals surface area (Å²) in [5.74, 6) is 1.69. The summed E-state index contributed by atoms with van der Waals surface area (Å²) in [6.07, 6.45) is 7.27. The summed E-state index contributed by atoms with van der Waals surface area (Å²) in [6.45, 7) is 5.89. The average Bonchev–Trinajstić information content (AvgIpc) is 3.10. The van der Waals surface area contributed by atoms with Gasteiger partial charge in [0.05, 0.1) is 6.10 Å². The molecule has 0 radical (unpaired) electrons. The first-order chi connectivity index (χ1) is 8.74. The number of piperidine rings is 1. The van der Waals surface area contributed by atoms with Crippen LogP contribution < -0.4 is 5.32 Å². The van der Waals surface area contributed by atoms with E-state index in [-0.39, 0.29) is 0 Å². The van der Waals surface area contributed by atoms with E-state index >= 15 is 0 Å². The van der Waals surface area contributed by atoms with E-state index in [1.165, 1.54) is 45.2 Å². The molecule has 0 bridgehead atoms. The third-order valence-corrected chi connectivity index (χ3v) is 5.07. The second-order valence-corrected chi connectivity index (χ2v) is 6.69. The SMILES string of the molecule is CC(NC1CCOC1C1CC1)C1CCCN(C)C1. The Bertz CT molecular complexity index is 280. The molecule has 0 aromatic carbocycles. The standard InChI is InChI=1S/C15H28N2O/c1-11(13-4-3-8-17(2)10-13)16-14-7-9-18-15(14)12-5-6-12/h11-16H,3-10H2,1-2H3. The molecule has 2 saturated heterocycles. The zero-order valence-corrected chi connectivity index (χ0v) is 11.9. The molecule has 1 aliphatic carbocycles. The van der Waals surface area contributed by atoms with Crippen LogP contribution in [0.3, 0.4) is 0 Å². The van der Waals surface area contributed by atoms with Crippen molar-refractivity contribution in [2.75, 3.05) is 26.7 Å². The molecular formula is C15H28N2O. The van der Waals surface area contributed by atoms with Gasteiger partial charge >= 0.3 is 0 Å². The van der Waals surface area contributed by atoms with Crippen molar-refractivity contribution in [1.29, 1.82) is 0 Å². The third kappa shape index (κ3) is 2.89. The van der Waals surface area contributed by atoms with Crippen LogP contribution in [0, 0.1) is 11.8 Å². The summed E-state index contributed by atoms with van der Waals surface area (Å²) in [4.78, 5) is 2.48. The Kier molecular flexibility index (Phi) is 3.92. The summed E-state index contributed by atoms with van der Waals surface area (Å²) in [7, 11) is 2.25. The lowest BCUT2D eigenvalue weighted by Gasteiger charge is -2.36. The molecule has 2 aliphatic heterocycles. The van der Waals surface area contributed by atoms with Crippen LogP contribution in [0.25, 0.3) is 0 Å². The number of nitrogens with one attached hydrogen (secondary N) is 1. The number of rotatable bonds is 4. The van der Waals surface area contributed by atoms with Gasteiger partial charge in [-0.15, -0.1) is 0 Å². The molecule has 3 aliphatic rings. The van der Waals surface area contributed by atoms with Crippen molar-refractivity contribution in [1.82, 2.24) is 10.2 Å². The third-order valence-electron chi connectivity index (χ3n) is 5.07. The molecule has 3 nitrogen and oxygen atoms in total. The Morgan fingerprint density at radius 2 is 2.06 bits per heavy atom. The normalized spacial score (nSPS) is 40.0. The molecule has 4 unspecified atom stereocenters. The van der Waals surface area contributed by atoms with Gasteiger partial charge in [0, 0.05) is 25.2 Å². The van der Waals surface area contributed by atoms with Crippen molar-refractivity contribution in [3.63, 3.8) is 0 Å². The Labute approximate surface area is 111 Å². The maximum absolute atomic E-state index is 5.93. The number of nitrogens with zero attached hydrogens (tertiary/aromatic N) is 1. The van der Waals surface area contributed by atoms with Crippen molar-refractivity contribution in [2.45, 2.75) is 57.2 Å². The fourth-order valence-corrected chi connectivity index (χ4v) is 3.77. The van der Waals surface area contributed by atoms with Crippen LogP contribution in [0.5, 0.6) is 0 Å². The predicted molar refractivity (Wildman–Crippen MR) is 73.7 cm³/mol. The summed E-state index contributed by atoms with van der Waals surface area (Å²) in [5, 5.41) is 3.89. The molecule has 2 heterocycles. The second kappa shape index (κ2) is 5.48. The molecule has 1 N–H and O–H groups in total. The first-order valence-electron chi connectivity index (χ1n) is 7.80. The fraction of sp³-hybridized carbons (Fsp3) is 1.00. The van der Waals surface area contributed by atoms with E-state index in [1.54, 1.807) is 0 Å². The first kappa shape index (κ1) is 12.9. The van der Waals surface area contributed by atoms with E-state index in [9.17, 15) is 0 Å². The lowest BCUT2D eigenvalue weighted by molar-refractivity contribution is 0.0748. The van der Waals surface area contributed by atoms with E-state index in [1.807, 2.05) is 0 Å². The molecule has 0 aromatic heterocycles. The molecular weight excluding hydrogens is 224 g/mol. The first-order valence-corrected chi connectivity index (χ1v) is 7.80. The molecule has 0 aromatic rings. The molecule has 4 atom stereocenters. The minimum atomic E-state index is 0.522. The van der Waals surface area contributed by atoms with Crippen molar-refractivity contribution in [3.8, 4) is 0 Å². The van der Waals surface area contributed by atoms with Crippen LogP contribution in [0.1, 0.15) is 39.0 Å². The number of likely N-dealkylation sites (tertiary alicyclic amines) is 1. The van der Waals surface area contributed by atoms with Gasteiger partial charge in [0.25, 0.3) is 0 Å². The molecule has 0 amide bonds. The maximum atomic E-state index is 5.93. The quantitative estimate of drug-likeness (QED) is 0.827.